The van der Waals surface area contributed by atoms with Crippen molar-refractivity contribution in [2.24, 2.45) is 0 Å². The van der Waals surface area contributed by atoms with E-state index in [1.807, 2.05) is 0 Å². The maximum absolute atomic E-state index is 10.6. The van der Waals surface area contributed by atoms with Crippen LogP contribution in [0.3, 0.4) is 0 Å². The summed E-state index contributed by atoms with van der Waals surface area (Å²) in [6, 6.07) is 0. The summed E-state index contributed by atoms with van der Waals surface area (Å²) in [6.07, 6.45) is 1.76. The van der Waals surface area contributed by atoms with Crippen LogP contribution in [0, 0.1) is 0 Å². The van der Waals surface area contributed by atoms with Crippen LogP contribution in [-0.4, -0.2) is 29.0 Å². The largest absolute Gasteiger partial charge is 0.368 e. The Morgan fingerprint density at radius 3 is 2.67 bits per heavy atom. The third-order valence-electron chi connectivity index (χ3n) is 1.37. The smallest absolute Gasteiger partial charge is 0.243 e. The molecule has 0 aliphatic heterocycles. The van der Waals surface area contributed by atoms with E-state index in [1.54, 1.807) is 0 Å². The highest BCUT2D eigenvalue weighted by Crippen LogP contribution is 1.96. The first-order valence-electron chi connectivity index (χ1n) is 3.93. The van der Waals surface area contributed by atoms with Crippen molar-refractivity contribution in [3.05, 3.63) is 12.7 Å². The molecule has 0 aromatic carbocycles. The molecule has 3 N–H and O–H groups in total. The number of hydrogen-bond donors (Lipinski definition) is 3. The van der Waals surface area contributed by atoms with Gasteiger partial charge in [0.25, 0.3) is 0 Å². The number of aliphatic hydroxyl groups excluding tert-OH is 1. The van der Waals surface area contributed by atoms with Gasteiger partial charge >= 0.3 is 0 Å². The van der Waals surface area contributed by atoms with Crippen LogP contribution in [0.5, 0.6) is 0 Å². The predicted molar refractivity (Wildman–Crippen MR) is 45.3 cm³/mol. The highest BCUT2D eigenvalue weighted by Gasteiger charge is 1.97. The third kappa shape index (κ3) is 7.24. The Labute approximate surface area is 71.9 Å². The van der Waals surface area contributed by atoms with Gasteiger partial charge in [-0.3, -0.25) is 4.79 Å². The zero-order valence-corrected chi connectivity index (χ0v) is 6.99. The first kappa shape index (κ1) is 11.1. The van der Waals surface area contributed by atoms with Gasteiger partial charge in [-0.25, -0.2) is 0 Å². The first-order valence-corrected chi connectivity index (χ1v) is 3.93. The molecule has 0 saturated heterocycles. The fourth-order valence-corrected chi connectivity index (χ4v) is 0.736. The molecule has 0 heterocycles. The number of unbranched alkanes of at least 4 members (excludes halogenated alkanes) is 1. The van der Waals surface area contributed by atoms with E-state index in [2.05, 4.69) is 11.9 Å². The lowest BCUT2D eigenvalue weighted by Gasteiger charge is -2.03. The zero-order chi connectivity index (χ0) is 9.40. The van der Waals surface area contributed by atoms with Gasteiger partial charge in [0.1, 0.15) is 0 Å². The number of rotatable bonds is 6. The lowest BCUT2D eigenvalue weighted by Crippen LogP contribution is -2.22. The van der Waals surface area contributed by atoms with Crippen molar-refractivity contribution in [3.63, 3.8) is 0 Å². The van der Waals surface area contributed by atoms with Crippen LogP contribution in [0.25, 0.3) is 0 Å². The minimum absolute atomic E-state index is 0.195. The summed E-state index contributed by atoms with van der Waals surface area (Å²) in [7, 11) is 0. The van der Waals surface area contributed by atoms with Crippen molar-refractivity contribution in [1.29, 1.82) is 0 Å². The van der Waals surface area contributed by atoms with Gasteiger partial charge in [0.05, 0.1) is 0 Å². The summed E-state index contributed by atoms with van der Waals surface area (Å²) < 4.78 is 0. The molecule has 0 aliphatic rings. The van der Waals surface area contributed by atoms with Crippen LogP contribution in [0.15, 0.2) is 12.7 Å². The van der Waals surface area contributed by atoms with Crippen molar-refractivity contribution in [2.75, 3.05) is 6.54 Å². The van der Waals surface area contributed by atoms with Crippen molar-refractivity contribution >= 4 is 5.91 Å². The molecule has 0 fully saturated rings. The summed E-state index contributed by atoms with van der Waals surface area (Å²) in [5.41, 5.74) is 0. The van der Waals surface area contributed by atoms with Crippen LogP contribution in [-0.2, 0) is 4.79 Å². The van der Waals surface area contributed by atoms with Crippen LogP contribution in [0.2, 0.25) is 0 Å². The Hall–Kier alpha value is -0.870. The average molecular weight is 173 g/mol. The lowest BCUT2D eigenvalue weighted by atomic mass is 10.2. The van der Waals surface area contributed by atoms with Gasteiger partial charge in [-0.2, -0.15) is 0 Å². The van der Waals surface area contributed by atoms with E-state index in [0.717, 1.165) is 6.42 Å². The lowest BCUT2D eigenvalue weighted by molar-refractivity contribution is -0.116. The molecular weight excluding hydrogens is 158 g/mol. The number of amides is 1. The van der Waals surface area contributed by atoms with E-state index in [0.29, 0.717) is 19.4 Å². The number of carbonyl (C=O) groups is 1. The van der Waals surface area contributed by atoms with Crippen LogP contribution >= 0.6 is 0 Å². The van der Waals surface area contributed by atoms with Gasteiger partial charge in [0.2, 0.25) is 5.91 Å². The van der Waals surface area contributed by atoms with Crippen molar-refractivity contribution in [1.82, 2.24) is 5.32 Å². The molecule has 0 radical (unpaired) electrons. The molecule has 1 amide bonds. The molecule has 0 aliphatic carbocycles. The van der Waals surface area contributed by atoms with Gasteiger partial charge in [-0.1, -0.05) is 6.58 Å². The monoisotopic (exact) mass is 173 g/mol. The first-order chi connectivity index (χ1) is 5.66. The van der Waals surface area contributed by atoms with Gasteiger partial charge < -0.3 is 15.5 Å². The molecule has 0 spiro atoms. The fraction of sp³-hybridized carbons (Fsp3) is 0.625. The number of nitrogens with one attached hydrogen (secondary N) is 1. The molecule has 4 heteroatoms. The summed E-state index contributed by atoms with van der Waals surface area (Å²) in [6.45, 7) is 3.85. The van der Waals surface area contributed by atoms with Crippen LogP contribution in [0.1, 0.15) is 19.3 Å². The van der Waals surface area contributed by atoms with Gasteiger partial charge in [0, 0.05) is 6.54 Å². The van der Waals surface area contributed by atoms with Crippen LogP contribution < -0.4 is 5.32 Å². The van der Waals surface area contributed by atoms with E-state index in [1.165, 1.54) is 6.08 Å². The minimum Gasteiger partial charge on any atom is -0.368 e. The van der Waals surface area contributed by atoms with E-state index in [4.69, 9.17) is 10.2 Å². The van der Waals surface area contributed by atoms with Gasteiger partial charge in [-0.05, 0) is 25.3 Å². The number of carbonyl (C=O) groups excluding carboxylic acids is 1. The molecule has 0 unspecified atom stereocenters. The Morgan fingerprint density at radius 1 is 1.50 bits per heavy atom. The maximum atomic E-state index is 10.6. The predicted octanol–water partition coefficient (Wildman–Crippen LogP) is -0.230. The van der Waals surface area contributed by atoms with E-state index >= 15 is 0 Å². The molecule has 0 atom stereocenters. The Morgan fingerprint density at radius 2 is 2.17 bits per heavy atom. The summed E-state index contributed by atoms with van der Waals surface area (Å²) in [5, 5.41) is 19.5. The van der Waals surface area contributed by atoms with E-state index in [-0.39, 0.29) is 5.91 Å². The molecule has 0 saturated carbocycles. The third-order valence-corrected chi connectivity index (χ3v) is 1.37. The molecule has 0 rings (SSSR count). The molecule has 0 aromatic rings. The molecule has 12 heavy (non-hydrogen) atoms. The average Bonchev–Trinajstić information content (AvgIpc) is 2.03. The second-order valence-electron chi connectivity index (χ2n) is 2.47. The van der Waals surface area contributed by atoms with Crippen molar-refractivity contribution in [2.45, 2.75) is 25.6 Å². The van der Waals surface area contributed by atoms with Crippen molar-refractivity contribution in [3.8, 4) is 0 Å². The van der Waals surface area contributed by atoms with Crippen molar-refractivity contribution < 1.29 is 15.0 Å². The Bertz CT molecular complexity index is 145. The highest BCUT2D eigenvalue weighted by atomic mass is 16.5. The van der Waals surface area contributed by atoms with E-state index < -0.39 is 6.29 Å². The highest BCUT2D eigenvalue weighted by molar-refractivity contribution is 5.86. The topological polar surface area (TPSA) is 69.6 Å². The fourth-order valence-electron chi connectivity index (χ4n) is 0.736. The number of hydrogen-bond acceptors (Lipinski definition) is 3. The Balaban J connectivity index is 3.11. The zero-order valence-electron chi connectivity index (χ0n) is 6.99. The standard InChI is InChI=1S/C8H15NO3/c1-2-7(10)9-6-4-3-5-8(11)12/h2,8,11-12H,1,3-6H2,(H,9,10). The minimum atomic E-state index is -1.24. The summed E-state index contributed by atoms with van der Waals surface area (Å²) in [5.74, 6) is -0.195. The maximum Gasteiger partial charge on any atom is 0.243 e. The molecule has 4 nitrogen and oxygen atoms in total. The molecular formula is C8H15NO3. The molecule has 70 valence electrons. The van der Waals surface area contributed by atoms with Crippen LogP contribution in [0.4, 0.5) is 0 Å². The molecule has 0 aromatic heterocycles. The second kappa shape index (κ2) is 6.82. The Kier molecular flexibility index (Phi) is 6.32. The summed E-state index contributed by atoms with van der Waals surface area (Å²) >= 11 is 0. The van der Waals surface area contributed by atoms with Gasteiger partial charge in [0.15, 0.2) is 6.29 Å². The van der Waals surface area contributed by atoms with Gasteiger partial charge in [-0.15, -0.1) is 0 Å². The normalized spacial score (nSPS) is 9.92. The quantitative estimate of drug-likeness (QED) is 0.295. The second-order valence-corrected chi connectivity index (χ2v) is 2.47. The number of aliphatic hydroxyl groups is 2. The SMILES string of the molecule is C=CC(=O)NCCCCC(O)O. The summed E-state index contributed by atoms with van der Waals surface area (Å²) in [4.78, 5) is 10.6. The van der Waals surface area contributed by atoms with E-state index in [9.17, 15) is 4.79 Å². The molecule has 0 bridgehead atoms.